The number of halogens is 1. The molecule has 0 bridgehead atoms. The van der Waals surface area contributed by atoms with E-state index in [2.05, 4.69) is 21.2 Å². The lowest BCUT2D eigenvalue weighted by Gasteiger charge is -2.14. The Morgan fingerprint density at radius 2 is 1.77 bits per heavy atom. The fourth-order valence-electron chi connectivity index (χ4n) is 3.03. The Labute approximate surface area is 190 Å². The first-order valence-electron chi connectivity index (χ1n) is 10.2. The number of furan rings is 1. The Bertz CT molecular complexity index is 988. The van der Waals surface area contributed by atoms with Crippen molar-refractivity contribution in [2.24, 2.45) is 0 Å². The van der Waals surface area contributed by atoms with Gasteiger partial charge in [0, 0.05) is 10.2 Å². The topological polar surface area (TPSA) is 69.9 Å². The molecule has 3 aromatic rings. The van der Waals surface area contributed by atoms with Gasteiger partial charge in [-0.1, -0.05) is 28.1 Å². The molecule has 1 aromatic heterocycles. The Kier molecular flexibility index (Phi) is 8.55. The highest BCUT2D eigenvalue weighted by Crippen LogP contribution is 2.34. The third kappa shape index (κ3) is 6.87. The van der Waals surface area contributed by atoms with Crippen molar-refractivity contribution in [1.29, 1.82) is 0 Å². The van der Waals surface area contributed by atoms with Crippen LogP contribution in [0.1, 0.15) is 30.7 Å². The minimum Gasteiger partial charge on any atom is -0.490 e. The zero-order valence-electron chi connectivity index (χ0n) is 17.7. The molecule has 0 aliphatic rings. The predicted octanol–water partition coefficient (Wildman–Crippen LogP) is 5.74. The van der Waals surface area contributed by atoms with Crippen molar-refractivity contribution in [3.63, 3.8) is 0 Å². The number of amides is 1. The van der Waals surface area contributed by atoms with Gasteiger partial charge in [0.2, 0.25) is 5.91 Å². The minimum atomic E-state index is -0.124. The lowest BCUT2D eigenvalue weighted by molar-refractivity contribution is -0.115. The van der Waals surface area contributed by atoms with Crippen molar-refractivity contribution in [1.82, 2.24) is 0 Å². The zero-order valence-corrected chi connectivity index (χ0v) is 19.2. The van der Waals surface area contributed by atoms with Crippen LogP contribution in [0.15, 0.2) is 63.7 Å². The average molecular weight is 488 g/mol. The largest absolute Gasteiger partial charge is 0.490 e. The van der Waals surface area contributed by atoms with Gasteiger partial charge in [-0.25, -0.2) is 0 Å². The Balaban J connectivity index is 1.60. The molecule has 0 atom stereocenters. The van der Waals surface area contributed by atoms with Crippen LogP contribution in [0, 0.1) is 0 Å². The molecule has 164 valence electrons. The van der Waals surface area contributed by atoms with Gasteiger partial charge < -0.3 is 23.9 Å². The van der Waals surface area contributed by atoms with Crippen molar-refractivity contribution in [2.75, 3.05) is 18.5 Å². The highest BCUT2D eigenvalue weighted by atomic mass is 79.9. The van der Waals surface area contributed by atoms with E-state index < -0.39 is 0 Å². The number of nitrogens with one attached hydrogen (secondary N) is 1. The van der Waals surface area contributed by atoms with E-state index in [1.54, 1.807) is 6.26 Å². The first-order valence-corrected chi connectivity index (χ1v) is 10.9. The summed E-state index contributed by atoms with van der Waals surface area (Å²) in [4.78, 5) is 12.6. The number of hydrogen-bond donors (Lipinski definition) is 1. The lowest BCUT2D eigenvalue weighted by Crippen LogP contribution is -2.15. The van der Waals surface area contributed by atoms with Gasteiger partial charge in [0.05, 0.1) is 32.5 Å². The molecular formula is C24H26BrNO5. The number of hydrogen-bond acceptors (Lipinski definition) is 5. The molecule has 0 saturated carbocycles. The quantitative estimate of drug-likeness (QED) is 0.373. The Hall–Kier alpha value is -2.77. The van der Waals surface area contributed by atoms with Crippen molar-refractivity contribution < 1.29 is 23.4 Å². The molecular weight excluding hydrogens is 462 g/mol. The summed E-state index contributed by atoms with van der Waals surface area (Å²) in [5.74, 6) is 1.94. The number of ether oxygens (including phenoxy) is 3. The maximum Gasteiger partial charge on any atom is 0.228 e. The van der Waals surface area contributed by atoms with Crippen molar-refractivity contribution in [3.05, 3.63) is 76.2 Å². The fraction of sp³-hybridized carbons (Fsp3) is 0.292. The number of carbonyl (C=O) groups excluding carboxylic acids is 1. The van der Waals surface area contributed by atoms with E-state index in [9.17, 15) is 4.79 Å². The molecule has 0 fully saturated rings. The average Bonchev–Trinajstić information content (AvgIpc) is 3.25. The summed E-state index contributed by atoms with van der Waals surface area (Å²) >= 11 is 3.53. The van der Waals surface area contributed by atoms with Crippen LogP contribution < -0.4 is 14.8 Å². The van der Waals surface area contributed by atoms with Gasteiger partial charge in [-0.15, -0.1) is 0 Å². The predicted molar refractivity (Wildman–Crippen MR) is 122 cm³/mol. The summed E-state index contributed by atoms with van der Waals surface area (Å²) in [6.45, 7) is 5.71. The van der Waals surface area contributed by atoms with Crippen LogP contribution in [0.5, 0.6) is 11.5 Å². The van der Waals surface area contributed by atoms with Crippen LogP contribution in [0.2, 0.25) is 0 Å². The Morgan fingerprint density at radius 3 is 2.48 bits per heavy atom. The van der Waals surface area contributed by atoms with Gasteiger partial charge in [-0.05, 0) is 61.4 Å². The van der Waals surface area contributed by atoms with Gasteiger partial charge in [0.25, 0.3) is 0 Å². The summed E-state index contributed by atoms with van der Waals surface area (Å²) in [5, 5.41) is 2.95. The summed E-state index contributed by atoms with van der Waals surface area (Å²) in [6.07, 6.45) is 1.82. The van der Waals surface area contributed by atoms with Crippen LogP contribution in [-0.2, 0) is 29.2 Å². The number of benzene rings is 2. The van der Waals surface area contributed by atoms with Crippen LogP contribution in [0.25, 0.3) is 0 Å². The van der Waals surface area contributed by atoms with Gasteiger partial charge >= 0.3 is 0 Å². The van der Waals surface area contributed by atoms with Gasteiger partial charge in [0.15, 0.2) is 11.5 Å². The molecule has 1 heterocycles. The third-order valence-corrected chi connectivity index (χ3v) is 5.11. The second kappa shape index (κ2) is 11.6. The molecule has 1 N–H and O–H groups in total. The highest BCUT2D eigenvalue weighted by molar-refractivity contribution is 9.10. The molecule has 2 aromatic carbocycles. The summed E-state index contributed by atoms with van der Waals surface area (Å²) in [7, 11) is 0. The van der Waals surface area contributed by atoms with Crippen LogP contribution in [0.3, 0.4) is 0 Å². The second-order valence-electron chi connectivity index (χ2n) is 6.75. The molecule has 0 aliphatic carbocycles. The van der Waals surface area contributed by atoms with Crippen molar-refractivity contribution in [2.45, 2.75) is 33.5 Å². The second-order valence-corrected chi connectivity index (χ2v) is 7.61. The molecule has 0 unspecified atom stereocenters. The lowest BCUT2D eigenvalue weighted by atomic mass is 10.1. The number of carbonyl (C=O) groups is 1. The highest BCUT2D eigenvalue weighted by Gasteiger charge is 2.14. The monoisotopic (exact) mass is 487 g/mol. The van der Waals surface area contributed by atoms with E-state index in [1.165, 1.54) is 0 Å². The number of rotatable bonds is 11. The molecule has 3 rings (SSSR count). The van der Waals surface area contributed by atoms with Gasteiger partial charge in [0.1, 0.15) is 12.4 Å². The summed E-state index contributed by atoms with van der Waals surface area (Å²) in [6, 6.07) is 15.0. The first kappa shape index (κ1) is 22.9. The third-order valence-electron chi connectivity index (χ3n) is 4.37. The van der Waals surface area contributed by atoms with E-state index in [0.29, 0.717) is 37.9 Å². The van der Waals surface area contributed by atoms with E-state index in [0.717, 1.165) is 27.0 Å². The van der Waals surface area contributed by atoms with Gasteiger partial charge in [-0.3, -0.25) is 4.79 Å². The molecule has 0 spiro atoms. The van der Waals surface area contributed by atoms with Crippen LogP contribution in [0.4, 0.5) is 5.69 Å². The van der Waals surface area contributed by atoms with Crippen LogP contribution >= 0.6 is 15.9 Å². The van der Waals surface area contributed by atoms with Gasteiger partial charge in [-0.2, -0.15) is 0 Å². The maximum absolute atomic E-state index is 12.6. The molecule has 31 heavy (non-hydrogen) atoms. The zero-order chi connectivity index (χ0) is 22.1. The molecule has 0 saturated heterocycles. The first-order chi connectivity index (χ1) is 15.1. The summed E-state index contributed by atoms with van der Waals surface area (Å²) in [5.41, 5.74) is 2.50. The normalized spacial score (nSPS) is 10.7. The maximum atomic E-state index is 12.6. The molecule has 6 nitrogen and oxygen atoms in total. The Morgan fingerprint density at radius 1 is 1.00 bits per heavy atom. The molecule has 0 radical (unpaired) electrons. The minimum absolute atomic E-state index is 0.124. The molecule has 7 heteroatoms. The molecule has 0 aliphatic heterocycles. The van der Waals surface area contributed by atoms with Crippen molar-refractivity contribution >= 4 is 27.5 Å². The summed E-state index contributed by atoms with van der Waals surface area (Å²) < 4.78 is 23.0. The van der Waals surface area contributed by atoms with E-state index in [4.69, 9.17) is 18.6 Å². The van der Waals surface area contributed by atoms with Crippen LogP contribution in [-0.4, -0.2) is 19.1 Å². The number of anilines is 1. The standard InChI is InChI=1S/C24H26BrNO5/c1-3-29-22-12-18(21(25)14-23(22)30-4-2)13-24(27)26-19-8-5-7-17(11-19)15-28-16-20-9-6-10-31-20/h5-12,14H,3-4,13,15-16H2,1-2H3,(H,26,27). The fourth-order valence-corrected chi connectivity index (χ4v) is 3.49. The SMILES string of the molecule is CCOc1cc(Br)c(CC(=O)Nc2cccc(COCc3ccco3)c2)cc1OCC. The van der Waals surface area contributed by atoms with E-state index >= 15 is 0 Å². The smallest absolute Gasteiger partial charge is 0.228 e. The van der Waals surface area contributed by atoms with E-state index in [-0.39, 0.29) is 12.3 Å². The van der Waals surface area contributed by atoms with E-state index in [1.807, 2.05) is 62.4 Å². The van der Waals surface area contributed by atoms with Crippen molar-refractivity contribution in [3.8, 4) is 11.5 Å². The molecule has 1 amide bonds.